The van der Waals surface area contributed by atoms with Crippen molar-refractivity contribution in [3.8, 4) is 5.75 Å². The zero-order valence-electron chi connectivity index (χ0n) is 13.7. The van der Waals surface area contributed by atoms with E-state index in [2.05, 4.69) is 5.32 Å². The molecule has 1 unspecified atom stereocenters. The van der Waals surface area contributed by atoms with Gasteiger partial charge in [0.25, 0.3) is 5.91 Å². The largest absolute Gasteiger partial charge is 0.497 e. The molecule has 1 aliphatic rings. The molecular formula is C19H18FNO4. The molecule has 0 heterocycles. The average molecular weight is 343 g/mol. The van der Waals surface area contributed by atoms with Crippen LogP contribution in [0, 0.1) is 11.7 Å². The van der Waals surface area contributed by atoms with E-state index < -0.39 is 17.7 Å². The van der Waals surface area contributed by atoms with E-state index in [-0.39, 0.29) is 17.2 Å². The maximum Gasteiger partial charge on any atom is 0.335 e. The Morgan fingerprint density at radius 2 is 1.88 bits per heavy atom. The summed E-state index contributed by atoms with van der Waals surface area (Å²) in [5, 5.41) is 11.8. The normalized spacial score (nSPS) is 14.6. The number of halogens is 1. The van der Waals surface area contributed by atoms with Crippen molar-refractivity contribution in [1.82, 2.24) is 5.32 Å². The molecule has 0 aromatic heterocycles. The highest BCUT2D eigenvalue weighted by atomic mass is 19.1. The van der Waals surface area contributed by atoms with Crippen molar-refractivity contribution in [3.05, 3.63) is 65.0 Å². The summed E-state index contributed by atoms with van der Waals surface area (Å²) in [7, 11) is 1.58. The van der Waals surface area contributed by atoms with Crippen molar-refractivity contribution in [2.75, 3.05) is 7.11 Å². The number of aromatic carboxylic acids is 1. The van der Waals surface area contributed by atoms with Crippen molar-refractivity contribution in [2.24, 2.45) is 5.92 Å². The number of methoxy groups -OCH3 is 1. The highest BCUT2D eigenvalue weighted by Crippen LogP contribution is 2.41. The number of carboxylic acid groups (broad SMARTS) is 1. The first-order chi connectivity index (χ1) is 12.0. The summed E-state index contributed by atoms with van der Waals surface area (Å²) in [5.41, 5.74) is 0.575. The fourth-order valence-corrected chi connectivity index (χ4v) is 2.77. The van der Waals surface area contributed by atoms with Crippen LogP contribution in [0.5, 0.6) is 5.75 Å². The van der Waals surface area contributed by atoms with Crippen LogP contribution in [-0.4, -0.2) is 24.1 Å². The van der Waals surface area contributed by atoms with Crippen molar-refractivity contribution in [2.45, 2.75) is 18.9 Å². The summed E-state index contributed by atoms with van der Waals surface area (Å²) in [6.07, 6.45) is 1.99. The lowest BCUT2D eigenvalue weighted by Gasteiger charge is -2.19. The van der Waals surface area contributed by atoms with E-state index in [1.165, 1.54) is 12.1 Å². The van der Waals surface area contributed by atoms with Crippen LogP contribution in [0.3, 0.4) is 0 Å². The second-order valence-electron chi connectivity index (χ2n) is 6.06. The van der Waals surface area contributed by atoms with Gasteiger partial charge in [0.05, 0.1) is 24.3 Å². The second-order valence-corrected chi connectivity index (χ2v) is 6.06. The molecule has 1 aliphatic carbocycles. The molecule has 0 spiro atoms. The molecule has 1 atom stereocenters. The monoisotopic (exact) mass is 343 g/mol. The molecule has 0 radical (unpaired) electrons. The van der Waals surface area contributed by atoms with Crippen LogP contribution in [0.15, 0.2) is 42.5 Å². The third kappa shape index (κ3) is 3.79. The van der Waals surface area contributed by atoms with Crippen molar-refractivity contribution >= 4 is 11.9 Å². The third-order valence-electron chi connectivity index (χ3n) is 4.32. The lowest BCUT2D eigenvalue weighted by atomic mass is 10.0. The lowest BCUT2D eigenvalue weighted by molar-refractivity contribution is 0.0695. The molecule has 25 heavy (non-hydrogen) atoms. The van der Waals surface area contributed by atoms with Crippen LogP contribution in [0.2, 0.25) is 0 Å². The number of hydrogen-bond donors (Lipinski definition) is 2. The molecule has 6 heteroatoms. The van der Waals surface area contributed by atoms with Gasteiger partial charge in [0, 0.05) is 0 Å². The van der Waals surface area contributed by atoms with E-state index in [0.29, 0.717) is 5.92 Å². The van der Waals surface area contributed by atoms with Gasteiger partial charge >= 0.3 is 5.97 Å². The number of carboxylic acids is 1. The van der Waals surface area contributed by atoms with E-state index in [1.54, 1.807) is 7.11 Å². The van der Waals surface area contributed by atoms with Gasteiger partial charge in [-0.3, -0.25) is 4.79 Å². The molecule has 2 aromatic rings. The van der Waals surface area contributed by atoms with E-state index in [4.69, 9.17) is 9.84 Å². The summed E-state index contributed by atoms with van der Waals surface area (Å²) in [4.78, 5) is 23.3. The Balaban J connectivity index is 1.80. The Morgan fingerprint density at radius 3 is 2.40 bits per heavy atom. The Morgan fingerprint density at radius 1 is 1.20 bits per heavy atom. The summed E-state index contributed by atoms with van der Waals surface area (Å²) < 4.78 is 19.2. The number of amides is 1. The second kappa shape index (κ2) is 6.93. The average Bonchev–Trinajstić information content (AvgIpc) is 3.44. The Labute approximate surface area is 144 Å². The first-order valence-electron chi connectivity index (χ1n) is 7.97. The number of carbonyl (C=O) groups excluding carboxylic acids is 1. The molecule has 1 amide bonds. The van der Waals surface area contributed by atoms with Crippen LogP contribution in [-0.2, 0) is 0 Å². The smallest absolute Gasteiger partial charge is 0.335 e. The number of nitrogens with one attached hydrogen (secondary N) is 1. The van der Waals surface area contributed by atoms with Gasteiger partial charge in [0.1, 0.15) is 11.6 Å². The summed E-state index contributed by atoms with van der Waals surface area (Å²) >= 11 is 0. The number of hydrogen-bond acceptors (Lipinski definition) is 3. The van der Waals surface area contributed by atoms with Crippen LogP contribution >= 0.6 is 0 Å². The van der Waals surface area contributed by atoms with Crippen molar-refractivity contribution in [1.29, 1.82) is 0 Å². The number of rotatable bonds is 6. The maximum absolute atomic E-state index is 14.1. The molecule has 0 saturated heterocycles. The van der Waals surface area contributed by atoms with E-state index in [1.807, 2.05) is 24.3 Å². The van der Waals surface area contributed by atoms with Crippen LogP contribution in [0.4, 0.5) is 4.39 Å². The topological polar surface area (TPSA) is 75.6 Å². The Bertz CT molecular complexity index is 800. The fourth-order valence-electron chi connectivity index (χ4n) is 2.77. The molecule has 2 N–H and O–H groups in total. The van der Waals surface area contributed by atoms with Crippen LogP contribution in [0.1, 0.15) is 45.2 Å². The summed E-state index contributed by atoms with van der Waals surface area (Å²) in [6, 6.07) is 10.5. The predicted octanol–water partition coefficient (Wildman–Crippen LogP) is 3.41. The highest BCUT2D eigenvalue weighted by Gasteiger charge is 2.34. The maximum atomic E-state index is 14.1. The number of benzene rings is 2. The molecule has 2 aromatic carbocycles. The van der Waals surface area contributed by atoms with Crippen LogP contribution < -0.4 is 10.1 Å². The van der Waals surface area contributed by atoms with Gasteiger partial charge in [0.15, 0.2) is 0 Å². The molecule has 1 saturated carbocycles. The Hall–Kier alpha value is -2.89. The van der Waals surface area contributed by atoms with Gasteiger partial charge in [-0.05, 0) is 54.7 Å². The van der Waals surface area contributed by atoms with Gasteiger partial charge < -0.3 is 15.2 Å². The molecule has 3 rings (SSSR count). The van der Waals surface area contributed by atoms with Gasteiger partial charge in [-0.25, -0.2) is 9.18 Å². The first kappa shape index (κ1) is 17.0. The number of carbonyl (C=O) groups is 2. The Kier molecular flexibility index (Phi) is 4.70. The van der Waals surface area contributed by atoms with Crippen molar-refractivity contribution in [3.63, 3.8) is 0 Å². The fraction of sp³-hybridized carbons (Fsp3) is 0.263. The SMILES string of the molecule is COc1ccc(C(NC(=O)c2ccc(C(=O)O)cc2F)C2CC2)cc1. The zero-order valence-corrected chi connectivity index (χ0v) is 13.7. The van der Waals surface area contributed by atoms with Crippen LogP contribution in [0.25, 0.3) is 0 Å². The highest BCUT2D eigenvalue weighted by molar-refractivity contribution is 5.96. The molecule has 5 nitrogen and oxygen atoms in total. The van der Waals surface area contributed by atoms with Crippen molar-refractivity contribution < 1.29 is 23.8 Å². The quantitative estimate of drug-likeness (QED) is 0.843. The van der Waals surface area contributed by atoms with Gasteiger partial charge in [-0.2, -0.15) is 0 Å². The summed E-state index contributed by atoms with van der Waals surface area (Å²) in [5.74, 6) is -1.59. The zero-order chi connectivity index (χ0) is 18.0. The molecule has 0 aliphatic heterocycles. The van der Waals surface area contributed by atoms with Gasteiger partial charge in [-0.15, -0.1) is 0 Å². The molecule has 1 fully saturated rings. The van der Waals surface area contributed by atoms with E-state index in [9.17, 15) is 14.0 Å². The molecular weight excluding hydrogens is 325 g/mol. The standard InChI is InChI=1S/C19H18FNO4/c1-25-14-7-4-12(5-8-14)17(11-2-3-11)21-18(22)15-9-6-13(19(23)24)10-16(15)20/h4-11,17H,2-3H2,1H3,(H,21,22)(H,23,24). The molecule has 0 bridgehead atoms. The molecule has 130 valence electrons. The van der Waals surface area contributed by atoms with E-state index in [0.717, 1.165) is 30.2 Å². The minimum absolute atomic E-state index is 0.163. The van der Waals surface area contributed by atoms with E-state index >= 15 is 0 Å². The van der Waals surface area contributed by atoms with Gasteiger partial charge in [0.2, 0.25) is 0 Å². The minimum atomic E-state index is -1.24. The van der Waals surface area contributed by atoms with Gasteiger partial charge in [-0.1, -0.05) is 12.1 Å². The predicted molar refractivity (Wildman–Crippen MR) is 89.3 cm³/mol. The minimum Gasteiger partial charge on any atom is -0.497 e. The third-order valence-corrected chi connectivity index (χ3v) is 4.32. The first-order valence-corrected chi connectivity index (χ1v) is 7.97. The summed E-state index contributed by atoms with van der Waals surface area (Å²) in [6.45, 7) is 0. The lowest BCUT2D eigenvalue weighted by Crippen LogP contribution is -2.30. The number of ether oxygens (including phenoxy) is 1.